The number of rotatable bonds is 4. The summed E-state index contributed by atoms with van der Waals surface area (Å²) in [5.74, 6) is -0.0582. The molecular weight excluding hydrogens is 298 g/mol. The van der Waals surface area contributed by atoms with Crippen molar-refractivity contribution in [3.8, 4) is 0 Å². The van der Waals surface area contributed by atoms with Gasteiger partial charge in [-0.15, -0.1) is 0 Å². The molecule has 0 spiro atoms. The van der Waals surface area contributed by atoms with Gasteiger partial charge in [0.1, 0.15) is 0 Å². The molecule has 6 heteroatoms. The number of hydrogen-bond acceptors (Lipinski definition) is 3. The minimum Gasteiger partial charge on any atom is -0.352 e. The van der Waals surface area contributed by atoms with Crippen LogP contribution >= 0.6 is 11.6 Å². The predicted octanol–water partition coefficient (Wildman–Crippen LogP) is 1.82. The summed E-state index contributed by atoms with van der Waals surface area (Å²) in [4.78, 5) is 12.0. The highest BCUT2D eigenvalue weighted by Gasteiger charge is 2.29. The van der Waals surface area contributed by atoms with Gasteiger partial charge in [0.15, 0.2) is 9.84 Å². The second-order valence-corrected chi connectivity index (χ2v) is 8.01. The Bertz CT molecular complexity index is 583. The largest absolute Gasteiger partial charge is 0.352 e. The molecule has 0 radical (unpaired) electrons. The Morgan fingerprint density at radius 3 is 2.60 bits per heavy atom. The minimum absolute atomic E-state index is 0.0619. The van der Waals surface area contributed by atoms with E-state index in [1.807, 2.05) is 19.1 Å². The van der Waals surface area contributed by atoms with Crippen LogP contribution in [0, 0.1) is 5.92 Å². The summed E-state index contributed by atoms with van der Waals surface area (Å²) >= 11 is 5.81. The molecule has 2 rings (SSSR count). The summed E-state index contributed by atoms with van der Waals surface area (Å²) in [6, 6.07) is 7.15. The highest BCUT2D eigenvalue weighted by molar-refractivity contribution is 7.91. The molecule has 1 aromatic carbocycles. The van der Waals surface area contributed by atoms with Gasteiger partial charge in [-0.2, -0.15) is 0 Å². The fraction of sp³-hybridized carbons (Fsp3) is 0.500. The summed E-state index contributed by atoms with van der Waals surface area (Å²) in [7, 11) is -2.96. The molecule has 2 unspecified atom stereocenters. The SMILES string of the molecule is CC(Cc1ccc(Cl)cc1)C(=O)NC1CCS(=O)(=O)C1. The predicted molar refractivity (Wildman–Crippen MR) is 79.5 cm³/mol. The van der Waals surface area contributed by atoms with Gasteiger partial charge in [-0.25, -0.2) is 8.42 Å². The molecule has 1 aliphatic heterocycles. The van der Waals surface area contributed by atoms with Crippen molar-refractivity contribution in [2.24, 2.45) is 5.92 Å². The normalized spacial score (nSPS) is 22.4. The van der Waals surface area contributed by atoms with Gasteiger partial charge in [-0.1, -0.05) is 30.7 Å². The molecule has 1 heterocycles. The zero-order valence-electron chi connectivity index (χ0n) is 11.3. The number of carbonyl (C=O) groups excluding carboxylic acids is 1. The number of carbonyl (C=O) groups is 1. The van der Waals surface area contributed by atoms with E-state index in [-0.39, 0.29) is 29.4 Å². The fourth-order valence-electron chi connectivity index (χ4n) is 2.32. The molecule has 1 aliphatic rings. The first-order chi connectivity index (χ1) is 9.35. The van der Waals surface area contributed by atoms with Gasteiger partial charge in [0.05, 0.1) is 11.5 Å². The van der Waals surface area contributed by atoms with Crippen LogP contribution in [0.2, 0.25) is 5.02 Å². The van der Waals surface area contributed by atoms with Crippen LogP contribution in [0.5, 0.6) is 0 Å². The van der Waals surface area contributed by atoms with Crippen molar-refractivity contribution in [3.05, 3.63) is 34.9 Å². The minimum atomic E-state index is -2.96. The van der Waals surface area contributed by atoms with E-state index in [1.54, 1.807) is 12.1 Å². The van der Waals surface area contributed by atoms with Gasteiger partial charge in [-0.3, -0.25) is 4.79 Å². The molecule has 1 aromatic rings. The van der Waals surface area contributed by atoms with Crippen molar-refractivity contribution in [1.29, 1.82) is 0 Å². The van der Waals surface area contributed by atoms with Crippen LogP contribution in [0.15, 0.2) is 24.3 Å². The van der Waals surface area contributed by atoms with E-state index in [2.05, 4.69) is 5.32 Å². The number of nitrogens with one attached hydrogen (secondary N) is 1. The third-order valence-electron chi connectivity index (χ3n) is 3.48. The molecule has 1 amide bonds. The van der Waals surface area contributed by atoms with Crippen molar-refractivity contribution in [2.75, 3.05) is 11.5 Å². The van der Waals surface area contributed by atoms with E-state index in [0.29, 0.717) is 17.9 Å². The first-order valence-corrected chi connectivity index (χ1v) is 8.81. The summed E-state index contributed by atoms with van der Waals surface area (Å²) in [5.41, 5.74) is 1.04. The molecule has 1 N–H and O–H groups in total. The van der Waals surface area contributed by atoms with Crippen LogP contribution in [0.3, 0.4) is 0 Å². The van der Waals surface area contributed by atoms with E-state index >= 15 is 0 Å². The quantitative estimate of drug-likeness (QED) is 0.922. The molecule has 20 heavy (non-hydrogen) atoms. The maximum atomic E-state index is 12.0. The Morgan fingerprint density at radius 2 is 2.05 bits per heavy atom. The summed E-state index contributed by atoms with van der Waals surface area (Å²) in [6.45, 7) is 1.84. The molecular formula is C14H18ClNO3S. The Kier molecular flexibility index (Phi) is 4.70. The van der Waals surface area contributed by atoms with Crippen LogP contribution in [0.1, 0.15) is 18.9 Å². The number of hydrogen-bond donors (Lipinski definition) is 1. The van der Waals surface area contributed by atoms with Gasteiger partial charge in [-0.05, 0) is 30.5 Å². The van der Waals surface area contributed by atoms with Crippen LogP contribution in [-0.2, 0) is 21.1 Å². The molecule has 0 aromatic heterocycles. The van der Waals surface area contributed by atoms with Gasteiger partial charge in [0, 0.05) is 17.0 Å². The van der Waals surface area contributed by atoms with E-state index < -0.39 is 9.84 Å². The second kappa shape index (κ2) is 6.14. The monoisotopic (exact) mass is 315 g/mol. The number of sulfone groups is 1. The summed E-state index contributed by atoms with van der Waals surface area (Å²) in [5, 5.41) is 3.49. The van der Waals surface area contributed by atoms with Gasteiger partial charge >= 0.3 is 0 Å². The van der Waals surface area contributed by atoms with E-state index in [4.69, 9.17) is 11.6 Å². The molecule has 4 nitrogen and oxygen atoms in total. The van der Waals surface area contributed by atoms with Crippen molar-refractivity contribution in [2.45, 2.75) is 25.8 Å². The molecule has 0 saturated carbocycles. The molecule has 2 atom stereocenters. The highest BCUT2D eigenvalue weighted by atomic mass is 35.5. The third kappa shape index (κ3) is 4.21. The first-order valence-electron chi connectivity index (χ1n) is 6.61. The lowest BCUT2D eigenvalue weighted by molar-refractivity contribution is -0.125. The van der Waals surface area contributed by atoms with Gasteiger partial charge in [0.2, 0.25) is 5.91 Å². The average molecular weight is 316 g/mol. The Balaban J connectivity index is 1.88. The van der Waals surface area contributed by atoms with Gasteiger partial charge < -0.3 is 5.32 Å². The lowest BCUT2D eigenvalue weighted by Gasteiger charge is -2.16. The summed E-state index contributed by atoms with van der Waals surface area (Å²) in [6.07, 6.45) is 1.13. The highest BCUT2D eigenvalue weighted by Crippen LogP contribution is 2.15. The van der Waals surface area contributed by atoms with E-state index in [1.165, 1.54) is 0 Å². The zero-order chi connectivity index (χ0) is 14.8. The average Bonchev–Trinajstić information content (AvgIpc) is 2.71. The van der Waals surface area contributed by atoms with E-state index in [9.17, 15) is 13.2 Å². The summed E-state index contributed by atoms with van der Waals surface area (Å²) < 4.78 is 22.7. The second-order valence-electron chi connectivity index (χ2n) is 5.34. The van der Waals surface area contributed by atoms with Crippen LogP contribution in [0.4, 0.5) is 0 Å². The smallest absolute Gasteiger partial charge is 0.223 e. The van der Waals surface area contributed by atoms with Crippen LogP contribution in [0.25, 0.3) is 0 Å². The zero-order valence-corrected chi connectivity index (χ0v) is 12.9. The van der Waals surface area contributed by atoms with Crippen molar-refractivity contribution < 1.29 is 13.2 Å². The van der Waals surface area contributed by atoms with Crippen LogP contribution in [-0.4, -0.2) is 31.9 Å². The Hall–Kier alpha value is -1.07. The van der Waals surface area contributed by atoms with Crippen LogP contribution < -0.4 is 5.32 Å². The standard InChI is InChI=1S/C14H18ClNO3S/c1-10(8-11-2-4-12(15)5-3-11)14(17)16-13-6-7-20(18,19)9-13/h2-5,10,13H,6-9H2,1H3,(H,16,17). The topological polar surface area (TPSA) is 63.2 Å². The van der Waals surface area contributed by atoms with Crippen molar-refractivity contribution in [3.63, 3.8) is 0 Å². The van der Waals surface area contributed by atoms with E-state index in [0.717, 1.165) is 5.56 Å². The number of amides is 1. The molecule has 1 fully saturated rings. The maximum absolute atomic E-state index is 12.0. The first kappa shape index (κ1) is 15.3. The van der Waals surface area contributed by atoms with Crippen molar-refractivity contribution in [1.82, 2.24) is 5.32 Å². The number of benzene rings is 1. The lowest BCUT2D eigenvalue weighted by atomic mass is 10.00. The molecule has 1 saturated heterocycles. The molecule has 0 aliphatic carbocycles. The molecule has 110 valence electrons. The maximum Gasteiger partial charge on any atom is 0.223 e. The van der Waals surface area contributed by atoms with Gasteiger partial charge in [0.25, 0.3) is 0 Å². The molecule has 0 bridgehead atoms. The Labute approximate surface area is 124 Å². The third-order valence-corrected chi connectivity index (χ3v) is 5.50. The Morgan fingerprint density at radius 1 is 1.40 bits per heavy atom. The lowest BCUT2D eigenvalue weighted by Crippen LogP contribution is -2.39. The van der Waals surface area contributed by atoms with Crippen molar-refractivity contribution >= 4 is 27.3 Å². The number of halogens is 1. The fourth-order valence-corrected chi connectivity index (χ4v) is 4.12.